The van der Waals surface area contributed by atoms with Gasteiger partial charge in [0.05, 0.1) is 5.02 Å². The maximum Gasteiger partial charge on any atom is 0.323 e. The van der Waals surface area contributed by atoms with Crippen LogP contribution < -0.4 is 0 Å². The maximum atomic E-state index is 12.5. The molecule has 1 fully saturated rings. The Morgan fingerprint density at radius 1 is 1.33 bits per heavy atom. The number of carbonyl (C=O) groups excluding carboxylic acids is 2. The number of aliphatic carboxylic acids is 1. The van der Waals surface area contributed by atoms with Crippen molar-refractivity contribution in [3.63, 3.8) is 0 Å². The van der Waals surface area contributed by atoms with Crippen molar-refractivity contribution in [2.24, 2.45) is 0 Å². The Bertz CT molecular complexity index is 620. The lowest BCUT2D eigenvalue weighted by molar-refractivity contribution is -0.145. The van der Waals surface area contributed by atoms with Crippen molar-refractivity contribution >= 4 is 29.4 Å². The molecule has 0 saturated carbocycles. The van der Waals surface area contributed by atoms with E-state index in [1.54, 1.807) is 17.0 Å². The molecule has 1 saturated heterocycles. The first-order valence-corrected chi connectivity index (χ1v) is 8.16. The average molecular weight is 354 g/mol. The lowest BCUT2D eigenvalue weighted by Gasteiger charge is -2.28. The van der Waals surface area contributed by atoms with Crippen LogP contribution in [0.4, 0.5) is 0 Å². The molecule has 1 aromatic heterocycles. The average Bonchev–Trinajstić information content (AvgIpc) is 2.78. The monoisotopic (exact) mass is 353 g/mol. The molecule has 7 nitrogen and oxygen atoms in total. The summed E-state index contributed by atoms with van der Waals surface area (Å²) in [4.78, 5) is 42.3. The molecule has 1 aliphatic rings. The van der Waals surface area contributed by atoms with Gasteiger partial charge in [-0.15, -0.1) is 0 Å². The van der Waals surface area contributed by atoms with Crippen LogP contribution in [0.3, 0.4) is 0 Å². The second kappa shape index (κ2) is 8.10. The summed E-state index contributed by atoms with van der Waals surface area (Å²) in [6.07, 6.45) is 3.35. The van der Waals surface area contributed by atoms with E-state index in [-0.39, 0.29) is 24.4 Å². The molecule has 1 aliphatic heterocycles. The van der Waals surface area contributed by atoms with Gasteiger partial charge in [0.1, 0.15) is 12.2 Å². The highest BCUT2D eigenvalue weighted by molar-refractivity contribution is 6.30. The third-order valence-corrected chi connectivity index (χ3v) is 4.31. The minimum Gasteiger partial charge on any atom is -0.480 e. The van der Waals surface area contributed by atoms with Crippen LogP contribution in [-0.4, -0.2) is 63.4 Å². The van der Waals surface area contributed by atoms with Gasteiger partial charge in [0.15, 0.2) is 0 Å². The van der Waals surface area contributed by atoms with Gasteiger partial charge in [0.25, 0.3) is 5.91 Å². The van der Waals surface area contributed by atoms with E-state index < -0.39 is 5.97 Å². The van der Waals surface area contributed by atoms with Gasteiger partial charge in [-0.25, -0.2) is 4.98 Å². The number of carboxylic acids is 1. The molecule has 1 atom stereocenters. The van der Waals surface area contributed by atoms with Crippen molar-refractivity contribution in [3.8, 4) is 0 Å². The van der Waals surface area contributed by atoms with Crippen LogP contribution in [-0.2, 0) is 9.59 Å². The topological polar surface area (TPSA) is 90.8 Å². The molecule has 0 bridgehead atoms. The Labute approximate surface area is 145 Å². The number of hydrogen-bond acceptors (Lipinski definition) is 4. The predicted molar refractivity (Wildman–Crippen MR) is 87.8 cm³/mol. The zero-order chi connectivity index (χ0) is 17.7. The first-order chi connectivity index (χ1) is 11.4. The molecule has 2 heterocycles. The van der Waals surface area contributed by atoms with E-state index in [1.165, 1.54) is 18.0 Å². The highest BCUT2D eigenvalue weighted by atomic mass is 35.5. The molecule has 8 heteroatoms. The number of hydrogen-bond donors (Lipinski definition) is 1. The normalized spacial score (nSPS) is 17.9. The van der Waals surface area contributed by atoms with E-state index in [2.05, 4.69) is 4.98 Å². The Kier molecular flexibility index (Phi) is 6.14. The quantitative estimate of drug-likeness (QED) is 0.889. The molecule has 130 valence electrons. The Morgan fingerprint density at radius 2 is 2.08 bits per heavy atom. The zero-order valence-corrected chi connectivity index (χ0v) is 14.2. The standard InChI is InChI=1S/C16H20ClN3O4/c1-11(21)20(10-15(22)23)13-3-2-7-19(8-6-13)16(24)14-5-4-12(17)9-18-14/h4-5,9,13H,2-3,6-8,10H2,1H3,(H,22,23)/t13-/m0/s1. The molecule has 0 aliphatic carbocycles. The van der Waals surface area contributed by atoms with E-state index in [4.69, 9.17) is 16.7 Å². The van der Waals surface area contributed by atoms with Crippen LogP contribution in [0.2, 0.25) is 5.02 Å². The fraction of sp³-hybridized carbons (Fsp3) is 0.500. The van der Waals surface area contributed by atoms with E-state index in [0.29, 0.717) is 43.1 Å². The maximum absolute atomic E-state index is 12.5. The van der Waals surface area contributed by atoms with Crippen molar-refractivity contribution in [2.45, 2.75) is 32.2 Å². The number of likely N-dealkylation sites (tertiary alicyclic amines) is 1. The van der Waals surface area contributed by atoms with Crippen molar-refractivity contribution in [1.29, 1.82) is 0 Å². The molecule has 0 radical (unpaired) electrons. The number of pyridine rings is 1. The van der Waals surface area contributed by atoms with Gasteiger partial charge in [-0.1, -0.05) is 11.6 Å². The minimum atomic E-state index is -1.03. The lowest BCUT2D eigenvalue weighted by atomic mass is 10.1. The van der Waals surface area contributed by atoms with Crippen molar-refractivity contribution in [1.82, 2.24) is 14.8 Å². The van der Waals surface area contributed by atoms with E-state index in [1.807, 2.05) is 0 Å². The predicted octanol–water partition coefficient (Wildman–Crippen LogP) is 1.66. The van der Waals surface area contributed by atoms with Crippen molar-refractivity contribution < 1.29 is 19.5 Å². The summed E-state index contributed by atoms with van der Waals surface area (Å²) in [5, 5.41) is 9.43. The number of rotatable bonds is 4. The SMILES string of the molecule is CC(=O)N(CC(=O)O)[C@H]1CCCN(C(=O)c2ccc(Cl)cn2)CC1. The summed E-state index contributed by atoms with van der Waals surface area (Å²) in [6, 6.07) is 3.03. The Balaban J connectivity index is 2.03. The van der Waals surface area contributed by atoms with Gasteiger partial charge in [-0.3, -0.25) is 14.4 Å². The highest BCUT2D eigenvalue weighted by Crippen LogP contribution is 2.19. The van der Waals surface area contributed by atoms with Crippen LogP contribution in [0.5, 0.6) is 0 Å². The molecule has 0 spiro atoms. The number of halogens is 1. The molecule has 24 heavy (non-hydrogen) atoms. The van der Waals surface area contributed by atoms with Gasteiger partial charge < -0.3 is 14.9 Å². The third kappa shape index (κ3) is 4.67. The van der Waals surface area contributed by atoms with Crippen LogP contribution in [0.1, 0.15) is 36.7 Å². The molecule has 2 amide bonds. The van der Waals surface area contributed by atoms with E-state index >= 15 is 0 Å². The fourth-order valence-corrected chi connectivity index (χ4v) is 3.01. The molecule has 0 unspecified atom stereocenters. The molecule has 1 N–H and O–H groups in total. The number of nitrogens with zero attached hydrogens (tertiary/aromatic N) is 3. The molecular weight excluding hydrogens is 334 g/mol. The summed E-state index contributed by atoms with van der Waals surface area (Å²) in [7, 11) is 0. The summed E-state index contributed by atoms with van der Waals surface area (Å²) >= 11 is 5.78. The number of amides is 2. The molecule has 1 aromatic rings. The van der Waals surface area contributed by atoms with Gasteiger partial charge in [-0.2, -0.15) is 0 Å². The van der Waals surface area contributed by atoms with Gasteiger partial charge in [-0.05, 0) is 31.4 Å². The molecular formula is C16H20ClN3O4. The summed E-state index contributed by atoms with van der Waals surface area (Å²) in [5.41, 5.74) is 0.326. The largest absolute Gasteiger partial charge is 0.480 e. The number of aromatic nitrogens is 1. The summed E-state index contributed by atoms with van der Waals surface area (Å²) in [5.74, 6) is -1.48. The van der Waals surface area contributed by atoms with Gasteiger partial charge >= 0.3 is 5.97 Å². The summed E-state index contributed by atoms with van der Waals surface area (Å²) < 4.78 is 0. The molecule has 2 rings (SSSR count). The van der Waals surface area contributed by atoms with E-state index in [0.717, 1.165) is 0 Å². The van der Waals surface area contributed by atoms with Crippen LogP contribution in [0, 0.1) is 0 Å². The Morgan fingerprint density at radius 3 is 2.67 bits per heavy atom. The molecule has 0 aromatic carbocycles. The lowest BCUT2D eigenvalue weighted by Crippen LogP contribution is -2.43. The first kappa shape index (κ1) is 18.2. The summed E-state index contributed by atoms with van der Waals surface area (Å²) in [6.45, 7) is 2.07. The zero-order valence-electron chi connectivity index (χ0n) is 13.4. The smallest absolute Gasteiger partial charge is 0.323 e. The number of carboxylic acid groups (broad SMARTS) is 1. The van der Waals surface area contributed by atoms with Crippen molar-refractivity contribution in [3.05, 3.63) is 29.0 Å². The Hall–Kier alpha value is -2.15. The van der Waals surface area contributed by atoms with Gasteiger partial charge in [0, 0.05) is 32.3 Å². The van der Waals surface area contributed by atoms with Crippen LogP contribution in [0.15, 0.2) is 18.3 Å². The minimum absolute atomic E-state index is 0.172. The second-order valence-corrected chi connectivity index (χ2v) is 6.22. The fourth-order valence-electron chi connectivity index (χ4n) is 2.90. The number of carbonyl (C=O) groups is 3. The van der Waals surface area contributed by atoms with E-state index in [9.17, 15) is 14.4 Å². The van der Waals surface area contributed by atoms with Crippen molar-refractivity contribution in [2.75, 3.05) is 19.6 Å². The van der Waals surface area contributed by atoms with Gasteiger partial charge in [0.2, 0.25) is 5.91 Å². The third-order valence-electron chi connectivity index (χ3n) is 4.08. The van der Waals surface area contributed by atoms with Crippen LogP contribution >= 0.6 is 11.6 Å². The highest BCUT2D eigenvalue weighted by Gasteiger charge is 2.28. The first-order valence-electron chi connectivity index (χ1n) is 7.78. The van der Waals surface area contributed by atoms with Crippen LogP contribution in [0.25, 0.3) is 0 Å². The second-order valence-electron chi connectivity index (χ2n) is 5.78.